The van der Waals surface area contributed by atoms with Crippen LogP contribution in [0.4, 0.5) is 5.69 Å². The minimum atomic E-state index is -4.01. The zero-order valence-corrected chi connectivity index (χ0v) is 22.7. The van der Waals surface area contributed by atoms with E-state index in [0.717, 1.165) is 28.7 Å². The van der Waals surface area contributed by atoms with Gasteiger partial charge in [-0.2, -0.15) is 0 Å². The summed E-state index contributed by atoms with van der Waals surface area (Å²) in [5, 5.41) is 0. The van der Waals surface area contributed by atoms with Crippen LogP contribution in [0.15, 0.2) is 94.7 Å². The van der Waals surface area contributed by atoms with E-state index in [1.807, 2.05) is 50.2 Å². The summed E-state index contributed by atoms with van der Waals surface area (Å²) < 4.78 is 27.7. The summed E-state index contributed by atoms with van der Waals surface area (Å²) in [6.45, 7) is 5.19. The molecule has 2 heterocycles. The zero-order chi connectivity index (χ0) is 27.3. The van der Waals surface area contributed by atoms with Gasteiger partial charge in [-0.1, -0.05) is 60.2 Å². The first-order valence-electron chi connectivity index (χ1n) is 13.0. The lowest BCUT2D eigenvalue weighted by Crippen LogP contribution is -2.36. The molecule has 7 heteroatoms. The second-order valence-corrected chi connectivity index (χ2v) is 12.1. The predicted octanol–water partition coefficient (Wildman–Crippen LogP) is 5.50. The van der Waals surface area contributed by atoms with E-state index in [0.29, 0.717) is 18.7 Å². The Kier molecular flexibility index (Phi) is 6.11. The van der Waals surface area contributed by atoms with Gasteiger partial charge in [0.1, 0.15) is 0 Å². The van der Waals surface area contributed by atoms with Crippen molar-refractivity contribution in [1.29, 1.82) is 0 Å². The third-order valence-electron chi connectivity index (χ3n) is 7.69. The molecule has 0 aliphatic carbocycles. The maximum absolute atomic E-state index is 14.0. The molecule has 196 valence electrons. The molecule has 0 saturated heterocycles. The van der Waals surface area contributed by atoms with E-state index in [2.05, 4.69) is 6.07 Å². The van der Waals surface area contributed by atoms with Crippen LogP contribution in [-0.4, -0.2) is 31.7 Å². The Bertz CT molecular complexity index is 1760. The van der Waals surface area contributed by atoms with Gasteiger partial charge in [0.2, 0.25) is 9.84 Å². The predicted molar refractivity (Wildman–Crippen MR) is 150 cm³/mol. The fourth-order valence-corrected chi connectivity index (χ4v) is 7.12. The van der Waals surface area contributed by atoms with Crippen molar-refractivity contribution in [2.45, 2.75) is 43.1 Å². The van der Waals surface area contributed by atoms with Gasteiger partial charge >= 0.3 is 0 Å². The molecule has 0 fully saturated rings. The lowest BCUT2D eigenvalue weighted by molar-refractivity contribution is 0.0734. The van der Waals surface area contributed by atoms with Crippen molar-refractivity contribution < 1.29 is 18.0 Å². The van der Waals surface area contributed by atoms with Gasteiger partial charge in [-0.25, -0.2) is 8.42 Å². The number of nitrogens with zero attached hydrogens (tertiary/aromatic N) is 2. The summed E-state index contributed by atoms with van der Waals surface area (Å²) >= 11 is 0. The SMILES string of the molecule is Cc1ccc(C)c(CN2C(=O)c3ccccc3S(=O)(=O)c3ccc(C(=O)N4CCc5ccccc5C4)cc32)c1. The number of anilines is 1. The van der Waals surface area contributed by atoms with E-state index < -0.39 is 15.7 Å². The highest BCUT2D eigenvalue weighted by Crippen LogP contribution is 2.39. The highest BCUT2D eigenvalue weighted by molar-refractivity contribution is 7.91. The molecule has 0 atom stereocenters. The molecule has 6 rings (SSSR count). The summed E-state index contributed by atoms with van der Waals surface area (Å²) in [5.74, 6) is -0.601. The Hall–Kier alpha value is -4.23. The van der Waals surface area contributed by atoms with Crippen molar-refractivity contribution in [2.24, 2.45) is 0 Å². The van der Waals surface area contributed by atoms with E-state index in [1.54, 1.807) is 35.2 Å². The van der Waals surface area contributed by atoms with Crippen LogP contribution in [0.1, 0.15) is 48.5 Å². The van der Waals surface area contributed by atoms with Crippen LogP contribution in [0.2, 0.25) is 0 Å². The number of fused-ring (bicyclic) bond motifs is 3. The van der Waals surface area contributed by atoms with Crippen molar-refractivity contribution in [3.63, 3.8) is 0 Å². The molecular weight excluding hydrogens is 508 g/mol. The lowest BCUT2D eigenvalue weighted by atomic mass is 9.99. The minimum Gasteiger partial charge on any atom is -0.334 e. The van der Waals surface area contributed by atoms with Gasteiger partial charge < -0.3 is 9.80 Å². The Balaban J connectivity index is 1.47. The van der Waals surface area contributed by atoms with Gasteiger partial charge in [-0.15, -0.1) is 0 Å². The molecule has 0 bridgehead atoms. The maximum atomic E-state index is 14.0. The summed E-state index contributed by atoms with van der Waals surface area (Å²) in [4.78, 5) is 30.9. The number of sulfone groups is 1. The topological polar surface area (TPSA) is 74.8 Å². The summed E-state index contributed by atoms with van der Waals surface area (Å²) in [5.41, 5.74) is 5.99. The van der Waals surface area contributed by atoms with Crippen LogP contribution in [-0.2, 0) is 29.3 Å². The van der Waals surface area contributed by atoms with Gasteiger partial charge in [0.05, 0.1) is 27.6 Å². The first-order valence-corrected chi connectivity index (χ1v) is 14.4. The fourth-order valence-electron chi connectivity index (χ4n) is 5.49. The molecular formula is C32H28N2O4S. The zero-order valence-electron chi connectivity index (χ0n) is 21.8. The average molecular weight is 537 g/mol. The second kappa shape index (κ2) is 9.50. The molecule has 0 saturated carbocycles. The molecule has 2 aliphatic rings. The molecule has 0 radical (unpaired) electrons. The monoisotopic (exact) mass is 536 g/mol. The Morgan fingerprint density at radius 1 is 0.846 bits per heavy atom. The number of carbonyl (C=O) groups excluding carboxylic acids is 2. The fraction of sp³-hybridized carbons (Fsp3) is 0.188. The standard InChI is InChI=1S/C32H28N2O4S/c1-21-11-12-22(2)26(17-21)20-34-28-18-24(31(35)33-16-15-23-7-3-4-8-25(23)19-33)13-14-30(28)39(37,38)29-10-6-5-9-27(29)32(34)36/h3-14,17-18H,15-16,19-20H2,1-2H3. The third-order valence-corrected chi connectivity index (χ3v) is 9.55. The van der Waals surface area contributed by atoms with E-state index in [-0.39, 0.29) is 33.5 Å². The van der Waals surface area contributed by atoms with Gasteiger partial charge in [-0.3, -0.25) is 9.59 Å². The molecule has 39 heavy (non-hydrogen) atoms. The van der Waals surface area contributed by atoms with Crippen molar-refractivity contribution in [3.8, 4) is 0 Å². The van der Waals surface area contributed by atoms with Crippen LogP contribution < -0.4 is 4.90 Å². The van der Waals surface area contributed by atoms with Crippen LogP contribution in [0, 0.1) is 13.8 Å². The normalized spacial score (nSPS) is 15.7. The van der Waals surface area contributed by atoms with Crippen LogP contribution in [0.25, 0.3) is 0 Å². The smallest absolute Gasteiger partial charge is 0.259 e. The quantitative estimate of drug-likeness (QED) is 0.347. The summed E-state index contributed by atoms with van der Waals surface area (Å²) in [6, 6.07) is 25.0. The van der Waals surface area contributed by atoms with Gasteiger partial charge in [0.15, 0.2) is 0 Å². The number of amides is 2. The van der Waals surface area contributed by atoms with Crippen molar-refractivity contribution in [2.75, 3.05) is 11.4 Å². The molecule has 0 spiro atoms. The van der Waals surface area contributed by atoms with E-state index in [4.69, 9.17) is 0 Å². The number of hydrogen-bond donors (Lipinski definition) is 0. The Labute approximate surface area is 228 Å². The number of benzene rings is 4. The van der Waals surface area contributed by atoms with Crippen molar-refractivity contribution in [3.05, 3.63) is 124 Å². The minimum absolute atomic E-state index is 0.0200. The summed E-state index contributed by atoms with van der Waals surface area (Å²) in [7, 11) is -4.01. The van der Waals surface area contributed by atoms with Crippen LogP contribution >= 0.6 is 0 Å². The first kappa shape index (κ1) is 25.1. The second-order valence-electron chi connectivity index (χ2n) is 10.2. The van der Waals surface area contributed by atoms with E-state index in [9.17, 15) is 18.0 Å². The third kappa shape index (κ3) is 4.33. The molecule has 6 nitrogen and oxygen atoms in total. The number of hydrogen-bond acceptors (Lipinski definition) is 4. The number of carbonyl (C=O) groups is 2. The van der Waals surface area contributed by atoms with Crippen LogP contribution in [0.5, 0.6) is 0 Å². The van der Waals surface area contributed by atoms with Gasteiger partial charge in [0, 0.05) is 18.7 Å². The van der Waals surface area contributed by atoms with Gasteiger partial charge in [-0.05, 0) is 72.9 Å². The highest BCUT2D eigenvalue weighted by Gasteiger charge is 2.36. The molecule has 0 N–H and O–H groups in total. The molecule has 2 aliphatic heterocycles. The molecule has 2 amide bonds. The number of rotatable bonds is 3. The van der Waals surface area contributed by atoms with Crippen molar-refractivity contribution >= 4 is 27.3 Å². The Morgan fingerprint density at radius 3 is 2.41 bits per heavy atom. The van der Waals surface area contributed by atoms with E-state index in [1.165, 1.54) is 22.6 Å². The maximum Gasteiger partial charge on any atom is 0.259 e. The van der Waals surface area contributed by atoms with Crippen molar-refractivity contribution in [1.82, 2.24) is 4.90 Å². The Morgan fingerprint density at radius 2 is 1.59 bits per heavy atom. The average Bonchev–Trinajstić information content (AvgIpc) is 3.02. The van der Waals surface area contributed by atoms with Crippen LogP contribution in [0.3, 0.4) is 0 Å². The molecule has 0 unspecified atom stereocenters. The molecule has 4 aromatic carbocycles. The van der Waals surface area contributed by atoms with Gasteiger partial charge in [0.25, 0.3) is 11.8 Å². The molecule has 4 aromatic rings. The highest BCUT2D eigenvalue weighted by atomic mass is 32.2. The summed E-state index contributed by atoms with van der Waals surface area (Å²) in [6.07, 6.45) is 0.758. The number of aryl methyl sites for hydroxylation is 2. The molecule has 0 aromatic heterocycles. The lowest BCUT2D eigenvalue weighted by Gasteiger charge is -2.29. The first-order chi connectivity index (χ1) is 18.7. The van der Waals surface area contributed by atoms with E-state index >= 15 is 0 Å². The largest absolute Gasteiger partial charge is 0.334 e.